The first kappa shape index (κ1) is 36.7. The van der Waals surface area contributed by atoms with Gasteiger partial charge in [-0.05, 0) is 43.9 Å². The number of hydrogen-bond donors (Lipinski definition) is 3. The van der Waals surface area contributed by atoms with E-state index in [1.54, 1.807) is 59.6 Å². The zero-order valence-corrected chi connectivity index (χ0v) is 30.8. The molecule has 0 aromatic heterocycles. The van der Waals surface area contributed by atoms with Gasteiger partial charge in [-0.3, -0.25) is 14.5 Å². The molecule has 7 bridgehead atoms. The van der Waals surface area contributed by atoms with Crippen molar-refractivity contribution in [2.24, 2.45) is 40.4 Å². The number of ether oxygens (including phenoxy) is 6. The monoisotopic (exact) mass is 714 g/mol. The van der Waals surface area contributed by atoms with E-state index in [0.29, 0.717) is 25.9 Å². The van der Waals surface area contributed by atoms with Crippen molar-refractivity contribution < 1.29 is 53.0 Å². The second-order valence-electron chi connectivity index (χ2n) is 16.0. The average molecular weight is 715 g/mol. The first-order chi connectivity index (χ1) is 24.4. The Morgan fingerprint density at radius 1 is 1.04 bits per heavy atom. The molecular formula is C38H54N2O11. The molecule has 51 heavy (non-hydrogen) atoms. The number of para-hydroxylation sites is 1. The van der Waals surface area contributed by atoms with Gasteiger partial charge in [-0.1, -0.05) is 26.0 Å². The Bertz CT molecular complexity index is 1540. The Labute approximate surface area is 299 Å². The smallest absolute Gasteiger partial charge is 0.340 e. The van der Waals surface area contributed by atoms with Crippen molar-refractivity contribution in [3.63, 3.8) is 0 Å². The molecule has 5 aliphatic carbocycles. The first-order valence-electron chi connectivity index (χ1n) is 18.3. The lowest BCUT2D eigenvalue weighted by atomic mass is 9.42. The highest BCUT2D eigenvalue weighted by Crippen LogP contribution is 2.80. The molecular weight excluding hydrogens is 660 g/mol. The summed E-state index contributed by atoms with van der Waals surface area (Å²) in [6.07, 6.45) is 0.611. The van der Waals surface area contributed by atoms with Gasteiger partial charge < -0.3 is 44.0 Å². The third kappa shape index (κ3) is 4.74. The van der Waals surface area contributed by atoms with Gasteiger partial charge in [0, 0.05) is 75.9 Å². The maximum absolute atomic E-state index is 14.0. The van der Waals surface area contributed by atoms with E-state index in [-0.39, 0.29) is 72.7 Å². The number of likely N-dealkylation sites (N-methyl/N-ethyl adjacent to an activating group) is 1. The SMILES string of the molecule is CCN1CC2(COC(=O)c3ccccc3NC(=O)C(C)CC(=O)OC)CCC(OC)C34C5CC6C(OC)CC(O)(C5C6OC)C(O)(C(OC)C23)C14. The molecule has 3 N–H and O–H groups in total. The molecule has 6 aliphatic rings. The topological polar surface area (TPSA) is 162 Å². The van der Waals surface area contributed by atoms with Crippen molar-refractivity contribution in [3.05, 3.63) is 29.8 Å². The highest BCUT2D eigenvalue weighted by Gasteiger charge is 2.91. The minimum absolute atomic E-state index is 0.0399. The van der Waals surface area contributed by atoms with Gasteiger partial charge in [-0.15, -0.1) is 0 Å². The quantitative estimate of drug-likeness (QED) is 0.272. The van der Waals surface area contributed by atoms with Crippen LogP contribution in [-0.4, -0.2) is 130 Å². The largest absolute Gasteiger partial charge is 0.469 e. The Morgan fingerprint density at radius 3 is 2.43 bits per heavy atom. The van der Waals surface area contributed by atoms with E-state index in [2.05, 4.69) is 17.1 Å². The van der Waals surface area contributed by atoms with Crippen LogP contribution in [0.15, 0.2) is 24.3 Å². The van der Waals surface area contributed by atoms with Gasteiger partial charge in [0.25, 0.3) is 0 Å². The summed E-state index contributed by atoms with van der Waals surface area (Å²) in [4.78, 5) is 41.1. The van der Waals surface area contributed by atoms with Gasteiger partial charge in [0.05, 0.1) is 61.8 Å². The fraction of sp³-hybridized carbons (Fsp3) is 0.763. The van der Waals surface area contributed by atoms with Crippen LogP contribution in [0, 0.1) is 40.4 Å². The van der Waals surface area contributed by atoms with E-state index in [1.165, 1.54) is 7.11 Å². The number of likely N-dealkylation sites (tertiary alicyclic amines) is 1. The number of rotatable bonds is 12. The van der Waals surface area contributed by atoms with Crippen molar-refractivity contribution in [1.82, 2.24) is 4.90 Å². The lowest BCUT2D eigenvalue weighted by Crippen LogP contribution is -2.82. The van der Waals surface area contributed by atoms with E-state index in [1.807, 2.05) is 0 Å². The van der Waals surface area contributed by atoms with E-state index >= 15 is 0 Å². The fourth-order valence-corrected chi connectivity index (χ4v) is 12.7. The highest BCUT2D eigenvalue weighted by molar-refractivity contribution is 6.02. The average Bonchev–Trinajstić information content (AvgIpc) is 3.55. The number of esters is 2. The molecule has 282 valence electrons. The van der Waals surface area contributed by atoms with Crippen molar-refractivity contribution in [3.8, 4) is 0 Å². The lowest BCUT2D eigenvalue weighted by Gasteiger charge is -2.70. The summed E-state index contributed by atoms with van der Waals surface area (Å²) < 4.78 is 36.1. The molecule has 5 saturated carbocycles. The molecule has 13 heteroatoms. The van der Waals surface area contributed by atoms with Gasteiger partial charge in [-0.2, -0.15) is 0 Å². The summed E-state index contributed by atoms with van der Waals surface area (Å²) in [5.41, 5.74) is -4.08. The number of methoxy groups -OCH3 is 5. The number of benzene rings is 1. The predicted octanol–water partition coefficient (Wildman–Crippen LogP) is 2.27. The van der Waals surface area contributed by atoms with Gasteiger partial charge in [-0.25, -0.2) is 4.79 Å². The molecule has 1 heterocycles. The molecule has 1 spiro atoms. The predicted molar refractivity (Wildman–Crippen MR) is 183 cm³/mol. The van der Waals surface area contributed by atoms with Crippen LogP contribution in [0.1, 0.15) is 56.3 Å². The van der Waals surface area contributed by atoms with Crippen LogP contribution >= 0.6 is 0 Å². The summed E-state index contributed by atoms with van der Waals surface area (Å²) in [7, 11) is 7.96. The van der Waals surface area contributed by atoms with Crippen LogP contribution in [0.4, 0.5) is 5.69 Å². The third-order valence-electron chi connectivity index (χ3n) is 14.3. The van der Waals surface area contributed by atoms with Gasteiger partial charge in [0.2, 0.25) is 5.91 Å². The van der Waals surface area contributed by atoms with E-state index in [0.717, 1.165) is 6.42 Å². The van der Waals surface area contributed by atoms with E-state index in [4.69, 9.17) is 28.4 Å². The van der Waals surface area contributed by atoms with Gasteiger partial charge >= 0.3 is 11.9 Å². The number of hydrogen-bond acceptors (Lipinski definition) is 12. The molecule has 1 amide bonds. The molecule has 14 atom stereocenters. The van der Waals surface area contributed by atoms with E-state index < -0.39 is 57.9 Å². The van der Waals surface area contributed by atoms with Crippen LogP contribution in [0.3, 0.4) is 0 Å². The standard InChI is InChI=1S/C38H54N2O11/c1-8-40-18-35(19-51-33(43)21-11-9-10-12-24(21)39-32(42)20(2)15-27(41)48-5)14-13-26(47-4)37-23-16-22-25(46-3)17-36(44,28(23)29(22)49-6)38(45,34(37)40)31(50-7)30(35)37/h9-12,20,22-23,25-26,28-31,34,44-45H,8,13-19H2,1-7H3,(H,39,42). The number of piperidine rings is 1. The number of fused-ring (bicyclic) bond motifs is 2. The number of anilines is 1. The molecule has 1 aromatic rings. The number of carbonyl (C=O) groups is 3. The van der Waals surface area contributed by atoms with Crippen LogP contribution in [-0.2, 0) is 38.0 Å². The fourth-order valence-electron chi connectivity index (χ4n) is 12.7. The molecule has 1 aliphatic heterocycles. The summed E-state index contributed by atoms with van der Waals surface area (Å²) in [5, 5.41) is 29.4. The normalized spacial score (nSPS) is 43.7. The zero-order chi connectivity index (χ0) is 36.7. The van der Waals surface area contributed by atoms with Gasteiger partial charge in [0.15, 0.2) is 0 Å². The maximum Gasteiger partial charge on any atom is 0.340 e. The van der Waals surface area contributed by atoms with Gasteiger partial charge in [0.1, 0.15) is 11.2 Å². The van der Waals surface area contributed by atoms with Crippen LogP contribution in [0.25, 0.3) is 0 Å². The molecule has 1 aromatic carbocycles. The molecule has 13 nitrogen and oxygen atoms in total. The highest BCUT2D eigenvalue weighted by atomic mass is 16.5. The molecule has 6 fully saturated rings. The van der Waals surface area contributed by atoms with Crippen molar-refractivity contribution in [2.45, 2.75) is 87.6 Å². The Kier molecular flexibility index (Phi) is 9.38. The van der Waals surface area contributed by atoms with E-state index in [9.17, 15) is 24.6 Å². The second kappa shape index (κ2) is 13.0. The lowest BCUT2D eigenvalue weighted by molar-refractivity contribution is -0.320. The number of amides is 1. The second-order valence-corrected chi connectivity index (χ2v) is 16.0. The number of nitrogens with one attached hydrogen (secondary N) is 1. The summed E-state index contributed by atoms with van der Waals surface area (Å²) >= 11 is 0. The van der Waals surface area contributed by atoms with Crippen LogP contribution in [0.2, 0.25) is 0 Å². The minimum atomic E-state index is -1.70. The number of aliphatic hydroxyl groups is 2. The Hall–Kier alpha value is -2.65. The Balaban J connectivity index is 1.27. The first-order valence-corrected chi connectivity index (χ1v) is 18.3. The number of nitrogens with zero attached hydrogens (tertiary/aromatic N) is 1. The minimum Gasteiger partial charge on any atom is -0.469 e. The summed E-state index contributed by atoms with van der Waals surface area (Å²) in [6, 6.07) is 6.19. The molecule has 0 radical (unpaired) electrons. The molecule has 1 saturated heterocycles. The van der Waals surface area contributed by atoms with Crippen LogP contribution < -0.4 is 5.32 Å². The van der Waals surface area contributed by atoms with Crippen LogP contribution in [0.5, 0.6) is 0 Å². The van der Waals surface area contributed by atoms with Crippen molar-refractivity contribution >= 4 is 23.5 Å². The third-order valence-corrected chi connectivity index (χ3v) is 14.3. The molecule has 14 unspecified atom stereocenters. The van der Waals surface area contributed by atoms with Crippen molar-refractivity contribution in [1.29, 1.82) is 0 Å². The summed E-state index contributed by atoms with van der Waals surface area (Å²) in [6.45, 7) is 4.86. The number of carbonyl (C=O) groups excluding carboxylic acids is 3. The zero-order valence-electron chi connectivity index (χ0n) is 30.8. The molecule has 7 rings (SSSR count). The van der Waals surface area contributed by atoms with Crippen molar-refractivity contribution in [2.75, 3.05) is 60.6 Å². The maximum atomic E-state index is 14.0. The summed E-state index contributed by atoms with van der Waals surface area (Å²) in [5.74, 6) is -2.92. The Morgan fingerprint density at radius 2 is 1.78 bits per heavy atom.